The molecule has 4 heteroatoms. The average Bonchev–Trinajstić information content (AvgIpc) is 2.17. The number of aromatic nitrogens is 1. The van der Waals surface area contributed by atoms with E-state index in [9.17, 15) is 5.11 Å². The van der Waals surface area contributed by atoms with Crippen molar-refractivity contribution in [2.24, 2.45) is 5.73 Å². The molecule has 1 rings (SSSR count). The summed E-state index contributed by atoms with van der Waals surface area (Å²) in [7, 11) is 0. The van der Waals surface area contributed by atoms with Gasteiger partial charge >= 0.3 is 0 Å². The highest BCUT2D eigenvalue weighted by atomic mass is 16.5. The Bertz CT molecular complexity index is 302. The van der Waals surface area contributed by atoms with Gasteiger partial charge in [-0.2, -0.15) is 0 Å². The maximum absolute atomic E-state index is 9.68. The highest BCUT2D eigenvalue weighted by Crippen LogP contribution is 2.17. The number of hydrogen-bond acceptors (Lipinski definition) is 4. The Balaban J connectivity index is 2.73. The molecule has 84 valence electrons. The second-order valence-electron chi connectivity index (χ2n) is 3.66. The number of rotatable bonds is 5. The lowest BCUT2D eigenvalue weighted by Crippen LogP contribution is -2.11. The van der Waals surface area contributed by atoms with Crippen LogP contribution < -0.4 is 10.5 Å². The first-order valence-corrected chi connectivity index (χ1v) is 5.15. The molecule has 1 heterocycles. The monoisotopic (exact) mass is 210 g/mol. The average molecular weight is 210 g/mol. The summed E-state index contributed by atoms with van der Waals surface area (Å²) in [6, 6.07) is 5.37. The summed E-state index contributed by atoms with van der Waals surface area (Å²) in [4.78, 5) is 4.20. The minimum Gasteiger partial charge on any atom is -0.475 e. The van der Waals surface area contributed by atoms with Gasteiger partial charge in [-0.15, -0.1) is 0 Å². The van der Waals surface area contributed by atoms with Crippen LogP contribution in [0.25, 0.3) is 0 Å². The zero-order valence-electron chi connectivity index (χ0n) is 9.18. The lowest BCUT2D eigenvalue weighted by atomic mass is 10.2. The van der Waals surface area contributed by atoms with Crippen LogP contribution in [0.1, 0.15) is 32.1 Å². The van der Waals surface area contributed by atoms with Crippen LogP contribution in [0.2, 0.25) is 0 Å². The van der Waals surface area contributed by atoms with E-state index in [1.54, 1.807) is 12.1 Å². The SMILES string of the molecule is CC(C)Oc1cccc([C@@H](O)CCN)n1. The van der Waals surface area contributed by atoms with Gasteiger partial charge in [-0.1, -0.05) is 6.07 Å². The highest BCUT2D eigenvalue weighted by molar-refractivity contribution is 5.17. The molecule has 0 unspecified atom stereocenters. The molecule has 0 saturated heterocycles. The van der Waals surface area contributed by atoms with E-state index in [4.69, 9.17) is 10.5 Å². The lowest BCUT2D eigenvalue weighted by Gasteiger charge is -2.12. The summed E-state index contributed by atoms with van der Waals surface area (Å²) in [6.07, 6.45) is -0.0110. The van der Waals surface area contributed by atoms with Crippen LogP contribution in [-0.4, -0.2) is 22.7 Å². The number of nitrogens with two attached hydrogens (primary N) is 1. The third kappa shape index (κ3) is 3.85. The molecule has 0 radical (unpaired) electrons. The minimum atomic E-state index is -0.606. The Kier molecular flexibility index (Phi) is 4.52. The molecule has 15 heavy (non-hydrogen) atoms. The molecule has 0 aliphatic heterocycles. The molecular weight excluding hydrogens is 192 g/mol. The maximum atomic E-state index is 9.68. The molecule has 0 amide bonds. The zero-order valence-corrected chi connectivity index (χ0v) is 9.18. The standard InChI is InChI=1S/C11H18N2O2/c1-8(2)15-11-5-3-4-9(13-11)10(14)6-7-12/h3-5,8,10,14H,6-7,12H2,1-2H3/t10-/m0/s1. The first-order chi connectivity index (χ1) is 7.13. The van der Waals surface area contributed by atoms with Crippen LogP contribution >= 0.6 is 0 Å². The van der Waals surface area contributed by atoms with E-state index in [0.29, 0.717) is 24.5 Å². The van der Waals surface area contributed by atoms with Gasteiger partial charge in [0.2, 0.25) is 5.88 Å². The number of ether oxygens (including phenoxy) is 1. The second kappa shape index (κ2) is 5.68. The molecule has 0 saturated carbocycles. The molecule has 1 atom stereocenters. The van der Waals surface area contributed by atoms with Crippen molar-refractivity contribution >= 4 is 0 Å². The van der Waals surface area contributed by atoms with Crippen LogP contribution in [0.5, 0.6) is 5.88 Å². The molecule has 0 aromatic carbocycles. The van der Waals surface area contributed by atoms with Gasteiger partial charge in [0.15, 0.2) is 0 Å². The van der Waals surface area contributed by atoms with Crippen LogP contribution in [-0.2, 0) is 0 Å². The molecule has 1 aromatic rings. The molecule has 0 bridgehead atoms. The van der Waals surface area contributed by atoms with Crippen molar-refractivity contribution in [1.82, 2.24) is 4.98 Å². The van der Waals surface area contributed by atoms with Crippen molar-refractivity contribution in [3.8, 4) is 5.88 Å². The Morgan fingerprint density at radius 1 is 1.47 bits per heavy atom. The van der Waals surface area contributed by atoms with Crippen molar-refractivity contribution < 1.29 is 9.84 Å². The Hall–Kier alpha value is -1.13. The van der Waals surface area contributed by atoms with Gasteiger partial charge in [0, 0.05) is 6.07 Å². The highest BCUT2D eigenvalue weighted by Gasteiger charge is 2.09. The lowest BCUT2D eigenvalue weighted by molar-refractivity contribution is 0.162. The molecule has 0 aliphatic carbocycles. The van der Waals surface area contributed by atoms with Gasteiger partial charge in [-0.25, -0.2) is 4.98 Å². The number of pyridine rings is 1. The van der Waals surface area contributed by atoms with Crippen molar-refractivity contribution in [3.63, 3.8) is 0 Å². The third-order valence-corrected chi connectivity index (χ3v) is 1.88. The molecule has 3 N–H and O–H groups in total. The first kappa shape index (κ1) is 11.9. The van der Waals surface area contributed by atoms with Gasteiger partial charge < -0.3 is 15.6 Å². The van der Waals surface area contributed by atoms with E-state index < -0.39 is 6.10 Å². The van der Waals surface area contributed by atoms with Crippen LogP contribution in [0.3, 0.4) is 0 Å². The van der Waals surface area contributed by atoms with E-state index in [1.807, 2.05) is 19.9 Å². The molecular formula is C11H18N2O2. The number of hydrogen-bond donors (Lipinski definition) is 2. The first-order valence-electron chi connectivity index (χ1n) is 5.15. The fourth-order valence-corrected chi connectivity index (χ4v) is 1.23. The fraction of sp³-hybridized carbons (Fsp3) is 0.545. The van der Waals surface area contributed by atoms with Crippen molar-refractivity contribution in [3.05, 3.63) is 23.9 Å². The van der Waals surface area contributed by atoms with Gasteiger partial charge in [-0.05, 0) is 32.9 Å². The molecule has 0 aliphatic rings. The van der Waals surface area contributed by atoms with E-state index in [-0.39, 0.29) is 6.10 Å². The van der Waals surface area contributed by atoms with Gasteiger partial charge in [0.25, 0.3) is 0 Å². The molecule has 4 nitrogen and oxygen atoms in total. The smallest absolute Gasteiger partial charge is 0.213 e. The number of nitrogens with zero attached hydrogens (tertiary/aromatic N) is 1. The topological polar surface area (TPSA) is 68.4 Å². The Morgan fingerprint density at radius 2 is 2.20 bits per heavy atom. The Morgan fingerprint density at radius 3 is 2.80 bits per heavy atom. The predicted molar refractivity (Wildman–Crippen MR) is 58.6 cm³/mol. The summed E-state index contributed by atoms with van der Waals surface area (Å²) >= 11 is 0. The summed E-state index contributed by atoms with van der Waals surface area (Å²) in [6.45, 7) is 4.31. The molecule has 0 fully saturated rings. The summed E-state index contributed by atoms with van der Waals surface area (Å²) in [5.41, 5.74) is 5.98. The van der Waals surface area contributed by atoms with E-state index in [1.165, 1.54) is 0 Å². The van der Waals surface area contributed by atoms with Crippen LogP contribution in [0.15, 0.2) is 18.2 Å². The summed E-state index contributed by atoms with van der Waals surface area (Å²) in [5, 5.41) is 9.68. The largest absolute Gasteiger partial charge is 0.475 e. The summed E-state index contributed by atoms with van der Waals surface area (Å²) < 4.78 is 5.43. The number of aliphatic hydroxyl groups excluding tert-OH is 1. The van der Waals surface area contributed by atoms with Crippen LogP contribution in [0, 0.1) is 0 Å². The molecule has 0 spiro atoms. The van der Waals surface area contributed by atoms with Crippen molar-refractivity contribution in [2.75, 3.05) is 6.54 Å². The third-order valence-electron chi connectivity index (χ3n) is 1.88. The summed E-state index contributed by atoms with van der Waals surface area (Å²) in [5.74, 6) is 0.540. The van der Waals surface area contributed by atoms with E-state index in [2.05, 4.69) is 4.98 Å². The fourth-order valence-electron chi connectivity index (χ4n) is 1.23. The maximum Gasteiger partial charge on any atom is 0.213 e. The van der Waals surface area contributed by atoms with Crippen molar-refractivity contribution in [2.45, 2.75) is 32.5 Å². The van der Waals surface area contributed by atoms with Crippen molar-refractivity contribution in [1.29, 1.82) is 0 Å². The predicted octanol–water partition coefficient (Wildman–Crippen LogP) is 1.25. The van der Waals surface area contributed by atoms with Gasteiger partial charge in [-0.3, -0.25) is 0 Å². The minimum absolute atomic E-state index is 0.0828. The quantitative estimate of drug-likeness (QED) is 0.767. The van der Waals surface area contributed by atoms with Gasteiger partial charge in [0.05, 0.1) is 17.9 Å². The molecule has 1 aromatic heterocycles. The zero-order chi connectivity index (χ0) is 11.3. The Labute approximate surface area is 90.1 Å². The second-order valence-corrected chi connectivity index (χ2v) is 3.66. The van der Waals surface area contributed by atoms with Crippen LogP contribution in [0.4, 0.5) is 0 Å². The van der Waals surface area contributed by atoms with E-state index in [0.717, 1.165) is 0 Å². The number of aliphatic hydroxyl groups is 1. The van der Waals surface area contributed by atoms with E-state index >= 15 is 0 Å². The normalized spacial score (nSPS) is 12.9. The van der Waals surface area contributed by atoms with Gasteiger partial charge in [0.1, 0.15) is 0 Å².